The van der Waals surface area contributed by atoms with Crippen LogP contribution in [-0.4, -0.2) is 59.0 Å². The van der Waals surface area contributed by atoms with Gasteiger partial charge >= 0.3 is 7.60 Å². The van der Waals surface area contributed by atoms with E-state index in [9.17, 15) is 23.9 Å². The van der Waals surface area contributed by atoms with Gasteiger partial charge in [0.2, 0.25) is 11.8 Å². The summed E-state index contributed by atoms with van der Waals surface area (Å²) >= 11 is 0. The Morgan fingerprint density at radius 3 is 2.21 bits per heavy atom. The van der Waals surface area contributed by atoms with Crippen molar-refractivity contribution in [1.82, 2.24) is 21.3 Å². The number of nitrogens with one attached hydrogen (secondary N) is 5. The van der Waals surface area contributed by atoms with Crippen molar-refractivity contribution in [3.8, 4) is 0 Å². The zero-order valence-electron chi connectivity index (χ0n) is 17.0. The highest BCUT2D eigenvalue weighted by Crippen LogP contribution is 2.41. The van der Waals surface area contributed by atoms with Gasteiger partial charge in [0.25, 0.3) is 0 Å². The summed E-state index contributed by atoms with van der Waals surface area (Å²) in [6.07, 6.45) is 1.31. The molecule has 0 aromatic heterocycles. The van der Waals surface area contributed by atoms with E-state index in [4.69, 9.17) is 11.1 Å². The van der Waals surface area contributed by atoms with E-state index >= 15 is 0 Å². The van der Waals surface area contributed by atoms with Gasteiger partial charge in [0.15, 0.2) is 5.96 Å². The van der Waals surface area contributed by atoms with Gasteiger partial charge < -0.3 is 31.5 Å². The Morgan fingerprint density at radius 2 is 1.79 bits per heavy atom. The minimum atomic E-state index is -4.41. The molecule has 0 aromatic rings. The van der Waals surface area contributed by atoms with Crippen LogP contribution in [0.4, 0.5) is 0 Å². The normalized spacial score (nSPS) is 14.8. The number of guanidine groups is 1. The Balaban J connectivity index is 5.15. The van der Waals surface area contributed by atoms with E-state index in [0.717, 1.165) is 0 Å². The van der Waals surface area contributed by atoms with Crippen molar-refractivity contribution in [2.75, 3.05) is 13.6 Å². The van der Waals surface area contributed by atoms with Crippen LogP contribution in [0.1, 0.15) is 46.5 Å². The molecule has 0 aliphatic rings. The molecule has 0 spiro atoms. The Kier molecular flexibility index (Phi) is 12.0. The molecule has 3 atom stereocenters. The standard InChI is InChI=1S/C16H35N6O5P/c1-5-13(28(25,26)27)21-12(9-10(2)3)15(24)22-11(14(23)19-4)7-6-8-20-16(17)18/h10-13,21H,5-9H2,1-4H3,(H,19,23)(H,22,24)(H4,17,18,20)(H2,25,26,27)/t11-,12-,13-/m0/s1. The molecule has 0 unspecified atom stereocenters. The van der Waals surface area contributed by atoms with E-state index in [0.29, 0.717) is 25.8 Å². The predicted octanol–water partition coefficient (Wildman–Crippen LogP) is -0.601. The molecular weight excluding hydrogens is 387 g/mol. The lowest BCUT2D eigenvalue weighted by Crippen LogP contribution is -2.54. The average molecular weight is 422 g/mol. The highest BCUT2D eigenvalue weighted by Gasteiger charge is 2.33. The second-order valence-corrected chi connectivity index (χ2v) is 8.82. The van der Waals surface area contributed by atoms with E-state index in [1.165, 1.54) is 7.05 Å². The minimum Gasteiger partial charge on any atom is -0.370 e. The maximum Gasteiger partial charge on any atom is 0.342 e. The highest BCUT2D eigenvalue weighted by molar-refractivity contribution is 7.52. The van der Waals surface area contributed by atoms with Crippen molar-refractivity contribution < 1.29 is 23.9 Å². The van der Waals surface area contributed by atoms with Crippen molar-refractivity contribution in [3.63, 3.8) is 0 Å². The maximum atomic E-state index is 12.8. The first kappa shape index (κ1) is 26.3. The van der Waals surface area contributed by atoms with Crippen LogP contribution in [0.2, 0.25) is 0 Å². The molecule has 9 N–H and O–H groups in total. The second kappa shape index (κ2) is 12.7. The first-order valence-corrected chi connectivity index (χ1v) is 11.0. The number of carbonyl (C=O) groups excluding carboxylic acids is 2. The van der Waals surface area contributed by atoms with Gasteiger partial charge in [-0.05, 0) is 31.6 Å². The molecule has 0 aliphatic carbocycles. The van der Waals surface area contributed by atoms with Gasteiger partial charge in [-0.1, -0.05) is 20.8 Å². The van der Waals surface area contributed by atoms with E-state index in [1.54, 1.807) is 6.92 Å². The zero-order chi connectivity index (χ0) is 21.9. The SMILES string of the molecule is CC[C@@H](N[C@@H](CC(C)C)C(=O)N[C@@H](CCCNC(=N)N)C(=O)NC)P(=O)(O)O. The van der Waals surface area contributed by atoms with Gasteiger partial charge in [-0.3, -0.25) is 24.9 Å². The summed E-state index contributed by atoms with van der Waals surface area (Å²) in [7, 11) is -2.96. The van der Waals surface area contributed by atoms with Crippen LogP contribution >= 0.6 is 7.60 Å². The number of carbonyl (C=O) groups is 2. The summed E-state index contributed by atoms with van der Waals surface area (Å²) in [5.41, 5.74) is 5.21. The first-order valence-electron chi connectivity index (χ1n) is 9.33. The van der Waals surface area contributed by atoms with Gasteiger partial charge in [0, 0.05) is 13.6 Å². The van der Waals surface area contributed by atoms with Crippen LogP contribution in [0.25, 0.3) is 0 Å². The first-order chi connectivity index (χ1) is 12.9. The summed E-state index contributed by atoms with van der Waals surface area (Å²) in [6, 6.07) is -1.65. The fourth-order valence-corrected chi connectivity index (χ4v) is 3.50. The van der Waals surface area contributed by atoms with Crippen molar-refractivity contribution in [1.29, 1.82) is 5.41 Å². The van der Waals surface area contributed by atoms with Gasteiger partial charge in [-0.2, -0.15) is 0 Å². The number of rotatable bonds is 13. The topological polar surface area (TPSA) is 190 Å². The number of hydrogen-bond acceptors (Lipinski definition) is 5. The molecule has 0 saturated heterocycles. The van der Waals surface area contributed by atoms with Crippen LogP contribution in [0.15, 0.2) is 0 Å². The lowest BCUT2D eigenvalue weighted by Gasteiger charge is -2.28. The zero-order valence-corrected chi connectivity index (χ0v) is 17.9. The number of likely N-dealkylation sites (N-methyl/N-ethyl adjacent to an activating group) is 1. The molecule has 164 valence electrons. The van der Waals surface area contributed by atoms with Crippen LogP contribution in [-0.2, 0) is 14.2 Å². The van der Waals surface area contributed by atoms with Gasteiger partial charge in [-0.15, -0.1) is 0 Å². The molecule has 12 heteroatoms. The van der Waals surface area contributed by atoms with Crippen LogP contribution in [0, 0.1) is 11.3 Å². The van der Waals surface area contributed by atoms with Crippen molar-refractivity contribution in [2.24, 2.45) is 11.7 Å². The van der Waals surface area contributed by atoms with Crippen molar-refractivity contribution in [2.45, 2.75) is 64.3 Å². The molecule has 0 heterocycles. The van der Waals surface area contributed by atoms with E-state index in [2.05, 4.69) is 21.3 Å². The molecule has 0 radical (unpaired) electrons. The van der Waals surface area contributed by atoms with Crippen molar-refractivity contribution >= 4 is 25.4 Å². The Labute approximate surface area is 166 Å². The summed E-state index contributed by atoms with van der Waals surface area (Å²) in [5.74, 6) is -2.09. The summed E-state index contributed by atoms with van der Waals surface area (Å²) in [6.45, 7) is 5.78. The molecule has 0 fully saturated rings. The van der Waals surface area contributed by atoms with E-state index in [1.807, 2.05) is 13.8 Å². The fourth-order valence-electron chi connectivity index (χ4n) is 2.65. The fraction of sp³-hybridized carbons (Fsp3) is 0.812. The lowest BCUT2D eigenvalue weighted by atomic mass is 10.0. The van der Waals surface area contributed by atoms with Crippen LogP contribution in [0.3, 0.4) is 0 Å². The minimum absolute atomic E-state index is 0.0933. The van der Waals surface area contributed by atoms with Crippen LogP contribution < -0.4 is 27.0 Å². The highest BCUT2D eigenvalue weighted by atomic mass is 31.2. The third kappa shape index (κ3) is 10.6. The molecule has 0 rings (SSSR count). The van der Waals surface area contributed by atoms with Gasteiger partial charge in [0.05, 0.1) is 6.04 Å². The van der Waals surface area contributed by atoms with Crippen LogP contribution in [0.5, 0.6) is 0 Å². The third-order valence-electron chi connectivity index (χ3n) is 4.07. The predicted molar refractivity (Wildman–Crippen MR) is 108 cm³/mol. The van der Waals surface area contributed by atoms with E-state index in [-0.39, 0.29) is 24.2 Å². The summed E-state index contributed by atoms with van der Waals surface area (Å²) < 4.78 is 11.6. The second-order valence-electron chi connectivity index (χ2n) is 7.02. The Morgan fingerprint density at radius 1 is 1.18 bits per heavy atom. The number of amides is 2. The van der Waals surface area contributed by atoms with E-state index < -0.39 is 31.4 Å². The number of nitrogens with two attached hydrogens (primary N) is 1. The van der Waals surface area contributed by atoms with Crippen molar-refractivity contribution in [3.05, 3.63) is 0 Å². The summed E-state index contributed by atoms with van der Waals surface area (Å²) in [5, 5.41) is 17.7. The number of hydrogen-bond donors (Lipinski definition) is 8. The molecular formula is C16H35N6O5P. The monoisotopic (exact) mass is 422 g/mol. The van der Waals surface area contributed by atoms with Gasteiger partial charge in [0.1, 0.15) is 11.8 Å². The Hall–Kier alpha value is -1.68. The molecule has 11 nitrogen and oxygen atoms in total. The molecule has 0 aromatic carbocycles. The maximum absolute atomic E-state index is 12.8. The smallest absolute Gasteiger partial charge is 0.342 e. The largest absolute Gasteiger partial charge is 0.370 e. The molecule has 2 amide bonds. The Bertz CT molecular complexity index is 568. The van der Waals surface area contributed by atoms with Gasteiger partial charge in [-0.25, -0.2) is 0 Å². The lowest BCUT2D eigenvalue weighted by molar-refractivity contribution is -0.130. The molecule has 28 heavy (non-hydrogen) atoms. The quantitative estimate of drug-likeness (QED) is 0.0835. The molecule has 0 aliphatic heterocycles. The third-order valence-corrected chi connectivity index (χ3v) is 5.40. The average Bonchev–Trinajstić information content (AvgIpc) is 2.58. The molecule has 0 saturated carbocycles. The molecule has 0 bridgehead atoms. The summed E-state index contributed by atoms with van der Waals surface area (Å²) in [4.78, 5) is 43.8.